The lowest BCUT2D eigenvalue weighted by Gasteiger charge is -2.12. The molecule has 3 heteroatoms. The fourth-order valence-electron chi connectivity index (χ4n) is 4.82. The van der Waals surface area contributed by atoms with E-state index in [2.05, 4.69) is 17.4 Å². The molecule has 0 saturated heterocycles. The number of fused-ring (bicyclic) bond motifs is 5. The van der Waals surface area contributed by atoms with Gasteiger partial charge in [0.2, 0.25) is 0 Å². The number of ether oxygens (including phenoxy) is 2. The molecule has 1 N–H and O–H groups in total. The summed E-state index contributed by atoms with van der Waals surface area (Å²) in [5.41, 5.74) is 1.28. The maximum atomic E-state index is 5.37. The molecule has 0 aromatic heterocycles. The van der Waals surface area contributed by atoms with E-state index in [4.69, 9.17) is 9.47 Å². The molecular formula is C17H23NO2. The van der Waals surface area contributed by atoms with Crippen LogP contribution in [0.3, 0.4) is 0 Å². The van der Waals surface area contributed by atoms with Crippen molar-refractivity contribution in [2.24, 2.45) is 23.7 Å². The normalized spacial score (nSPS) is 36.8. The second kappa shape index (κ2) is 4.66. The topological polar surface area (TPSA) is 30.5 Å². The molecule has 3 aliphatic carbocycles. The summed E-state index contributed by atoms with van der Waals surface area (Å²) < 4.78 is 10.6. The molecule has 4 rings (SSSR count). The Morgan fingerprint density at radius 1 is 1.05 bits per heavy atom. The molecule has 3 nitrogen and oxygen atoms in total. The van der Waals surface area contributed by atoms with Crippen LogP contribution in [0, 0.1) is 23.7 Å². The van der Waals surface area contributed by atoms with Crippen molar-refractivity contribution >= 4 is 0 Å². The van der Waals surface area contributed by atoms with E-state index in [0.717, 1.165) is 47.8 Å². The summed E-state index contributed by atoms with van der Waals surface area (Å²) in [6, 6.07) is 6.99. The number of nitrogens with one attached hydrogen (secondary N) is 1. The first-order chi connectivity index (χ1) is 9.81. The third-order valence-corrected chi connectivity index (χ3v) is 5.73. The quantitative estimate of drug-likeness (QED) is 0.895. The van der Waals surface area contributed by atoms with Crippen LogP contribution in [-0.4, -0.2) is 20.3 Å². The van der Waals surface area contributed by atoms with E-state index < -0.39 is 0 Å². The largest absolute Gasteiger partial charge is 0.493 e. The van der Waals surface area contributed by atoms with Crippen molar-refractivity contribution in [3.63, 3.8) is 0 Å². The highest BCUT2D eigenvalue weighted by Gasteiger charge is 2.64. The van der Waals surface area contributed by atoms with Gasteiger partial charge in [0.25, 0.3) is 0 Å². The highest BCUT2D eigenvalue weighted by Crippen LogP contribution is 2.65. The van der Waals surface area contributed by atoms with Crippen LogP contribution < -0.4 is 14.8 Å². The Kier molecular flexibility index (Phi) is 2.92. The van der Waals surface area contributed by atoms with Crippen molar-refractivity contribution < 1.29 is 9.47 Å². The number of methoxy groups -OCH3 is 2. The molecule has 4 atom stereocenters. The van der Waals surface area contributed by atoms with Gasteiger partial charge in [-0.2, -0.15) is 0 Å². The fraction of sp³-hybridized carbons (Fsp3) is 0.647. The van der Waals surface area contributed by atoms with Crippen molar-refractivity contribution in [2.45, 2.75) is 31.8 Å². The molecule has 3 fully saturated rings. The molecule has 0 heterocycles. The summed E-state index contributed by atoms with van der Waals surface area (Å²) in [4.78, 5) is 0. The Balaban J connectivity index is 1.39. The second-order valence-corrected chi connectivity index (χ2v) is 6.58. The lowest BCUT2D eigenvalue weighted by Crippen LogP contribution is -2.22. The average molecular weight is 273 g/mol. The number of hydrogen-bond acceptors (Lipinski definition) is 3. The van der Waals surface area contributed by atoms with Crippen LogP contribution in [-0.2, 0) is 6.54 Å². The van der Waals surface area contributed by atoms with Crippen LogP contribution in [0.2, 0.25) is 0 Å². The van der Waals surface area contributed by atoms with E-state index in [9.17, 15) is 0 Å². The monoisotopic (exact) mass is 273 g/mol. The first-order valence-corrected chi connectivity index (χ1v) is 7.76. The Bertz CT molecular complexity index is 500. The van der Waals surface area contributed by atoms with Crippen LogP contribution in [0.5, 0.6) is 11.5 Å². The molecule has 2 bridgehead atoms. The minimum Gasteiger partial charge on any atom is -0.493 e. The Morgan fingerprint density at radius 3 is 2.40 bits per heavy atom. The summed E-state index contributed by atoms with van der Waals surface area (Å²) in [6.07, 6.45) is 4.49. The fourth-order valence-corrected chi connectivity index (χ4v) is 4.82. The van der Waals surface area contributed by atoms with Gasteiger partial charge in [0, 0.05) is 12.6 Å². The van der Waals surface area contributed by atoms with Gasteiger partial charge in [0.05, 0.1) is 14.2 Å². The molecule has 0 radical (unpaired) electrons. The average Bonchev–Trinajstić information content (AvgIpc) is 2.87. The zero-order valence-corrected chi connectivity index (χ0v) is 12.3. The Morgan fingerprint density at radius 2 is 1.75 bits per heavy atom. The lowest BCUT2D eigenvalue weighted by molar-refractivity contribution is 0.354. The molecule has 4 unspecified atom stereocenters. The summed E-state index contributed by atoms with van der Waals surface area (Å²) in [6.45, 7) is 0.942. The van der Waals surface area contributed by atoms with Crippen molar-refractivity contribution in [3.8, 4) is 11.5 Å². The van der Waals surface area contributed by atoms with Crippen molar-refractivity contribution in [2.75, 3.05) is 14.2 Å². The summed E-state index contributed by atoms with van der Waals surface area (Å²) in [5.74, 6) is 5.68. The van der Waals surface area contributed by atoms with E-state index in [-0.39, 0.29) is 0 Å². The van der Waals surface area contributed by atoms with Gasteiger partial charge in [-0.15, -0.1) is 0 Å². The lowest BCUT2D eigenvalue weighted by atomic mass is 10.0. The van der Waals surface area contributed by atoms with Crippen LogP contribution >= 0.6 is 0 Å². The molecule has 1 aromatic rings. The molecule has 0 amide bonds. The zero-order chi connectivity index (χ0) is 13.7. The second-order valence-electron chi connectivity index (χ2n) is 6.58. The predicted molar refractivity (Wildman–Crippen MR) is 78.0 cm³/mol. The molecule has 3 saturated carbocycles. The Labute approximate surface area is 120 Å². The summed E-state index contributed by atoms with van der Waals surface area (Å²) in [5, 5.41) is 3.77. The number of hydrogen-bond donors (Lipinski definition) is 1. The maximum absolute atomic E-state index is 5.37. The minimum atomic E-state index is 0.786. The third-order valence-electron chi connectivity index (χ3n) is 5.73. The summed E-state index contributed by atoms with van der Waals surface area (Å²) in [7, 11) is 3.37. The Hall–Kier alpha value is -1.22. The van der Waals surface area contributed by atoms with Crippen molar-refractivity contribution in [1.82, 2.24) is 5.32 Å². The van der Waals surface area contributed by atoms with Gasteiger partial charge >= 0.3 is 0 Å². The number of rotatable bonds is 5. The smallest absolute Gasteiger partial charge is 0.161 e. The third kappa shape index (κ3) is 1.83. The first kappa shape index (κ1) is 12.5. The molecule has 20 heavy (non-hydrogen) atoms. The highest BCUT2D eigenvalue weighted by atomic mass is 16.5. The van der Waals surface area contributed by atoms with Crippen LogP contribution in [0.4, 0.5) is 0 Å². The highest BCUT2D eigenvalue weighted by molar-refractivity contribution is 5.42. The van der Waals surface area contributed by atoms with Crippen LogP contribution in [0.1, 0.15) is 24.8 Å². The first-order valence-electron chi connectivity index (χ1n) is 7.76. The van der Waals surface area contributed by atoms with E-state index in [1.54, 1.807) is 14.2 Å². The summed E-state index contributed by atoms with van der Waals surface area (Å²) >= 11 is 0. The predicted octanol–water partition coefficient (Wildman–Crippen LogP) is 2.84. The molecule has 0 spiro atoms. The van der Waals surface area contributed by atoms with Crippen molar-refractivity contribution in [3.05, 3.63) is 23.8 Å². The molecule has 108 valence electrons. The number of benzene rings is 1. The molecule has 3 aliphatic rings. The van der Waals surface area contributed by atoms with Gasteiger partial charge < -0.3 is 14.8 Å². The minimum absolute atomic E-state index is 0.786. The van der Waals surface area contributed by atoms with Gasteiger partial charge in [0.1, 0.15) is 0 Å². The van der Waals surface area contributed by atoms with E-state index >= 15 is 0 Å². The van der Waals surface area contributed by atoms with Gasteiger partial charge in [-0.1, -0.05) is 6.07 Å². The molecule has 1 aromatic carbocycles. The van der Waals surface area contributed by atoms with Gasteiger partial charge in [-0.3, -0.25) is 0 Å². The van der Waals surface area contributed by atoms with Gasteiger partial charge in [0.15, 0.2) is 11.5 Å². The van der Waals surface area contributed by atoms with Crippen molar-refractivity contribution in [1.29, 1.82) is 0 Å². The molecular weight excluding hydrogens is 250 g/mol. The van der Waals surface area contributed by atoms with E-state index in [1.807, 2.05) is 6.07 Å². The van der Waals surface area contributed by atoms with E-state index in [1.165, 1.54) is 24.8 Å². The van der Waals surface area contributed by atoms with E-state index in [0.29, 0.717) is 0 Å². The maximum Gasteiger partial charge on any atom is 0.161 e. The SMILES string of the molecule is COc1ccc(CNC2C3C4CCC(C4)C23)cc1OC. The standard InChI is InChI=1S/C17H23NO2/c1-19-13-6-3-10(7-14(13)20-2)9-18-17-15-11-4-5-12(8-11)16(15)17/h3,6-7,11-12,15-18H,4-5,8-9H2,1-2H3. The van der Waals surface area contributed by atoms with Crippen LogP contribution in [0.15, 0.2) is 18.2 Å². The van der Waals surface area contributed by atoms with Crippen LogP contribution in [0.25, 0.3) is 0 Å². The van der Waals surface area contributed by atoms with Gasteiger partial charge in [-0.05, 0) is 60.6 Å². The van der Waals surface area contributed by atoms with Gasteiger partial charge in [-0.25, -0.2) is 0 Å². The zero-order valence-electron chi connectivity index (χ0n) is 12.3. The molecule has 0 aliphatic heterocycles.